The molecule has 0 bridgehead atoms. The quantitative estimate of drug-likeness (QED) is 0.700. The number of rotatable bonds is 7. The third-order valence-electron chi connectivity index (χ3n) is 4.96. The van der Waals surface area contributed by atoms with Gasteiger partial charge in [-0.15, -0.1) is 0 Å². The molecule has 26 heavy (non-hydrogen) atoms. The Morgan fingerprint density at radius 2 is 2.00 bits per heavy atom. The summed E-state index contributed by atoms with van der Waals surface area (Å²) in [7, 11) is 1.69. The standard InChI is InChI=1S/C19H29N3O3S/c1-23-16-6-4-15(5-7-16)18(22-8-11-24-12-9-22)14-21-19(26)20-13-17-3-2-10-25-17/h4-7,17-18H,2-3,8-14H2,1H3,(H2,20,21,26). The number of ether oxygens (including phenoxy) is 3. The molecule has 144 valence electrons. The monoisotopic (exact) mass is 379 g/mol. The van der Waals surface area contributed by atoms with Crippen molar-refractivity contribution in [1.29, 1.82) is 0 Å². The number of benzene rings is 1. The van der Waals surface area contributed by atoms with E-state index in [2.05, 4.69) is 27.7 Å². The van der Waals surface area contributed by atoms with Crippen LogP contribution in [-0.4, -0.2) is 69.2 Å². The van der Waals surface area contributed by atoms with E-state index in [1.807, 2.05) is 12.1 Å². The molecule has 7 heteroatoms. The van der Waals surface area contributed by atoms with Crippen LogP contribution in [0.3, 0.4) is 0 Å². The fraction of sp³-hybridized carbons (Fsp3) is 0.632. The van der Waals surface area contributed by atoms with Crippen LogP contribution in [-0.2, 0) is 9.47 Å². The summed E-state index contributed by atoms with van der Waals surface area (Å²) in [5.74, 6) is 0.871. The van der Waals surface area contributed by atoms with E-state index in [0.29, 0.717) is 5.11 Å². The molecule has 2 atom stereocenters. The average molecular weight is 380 g/mol. The van der Waals surface area contributed by atoms with Crippen LogP contribution < -0.4 is 15.4 Å². The minimum Gasteiger partial charge on any atom is -0.497 e. The molecule has 2 aliphatic rings. The summed E-state index contributed by atoms with van der Waals surface area (Å²) >= 11 is 5.46. The number of nitrogens with one attached hydrogen (secondary N) is 2. The average Bonchev–Trinajstić information content (AvgIpc) is 3.21. The van der Waals surface area contributed by atoms with Gasteiger partial charge in [0.1, 0.15) is 5.75 Å². The van der Waals surface area contributed by atoms with Crippen molar-refractivity contribution in [3.63, 3.8) is 0 Å². The molecule has 2 saturated heterocycles. The van der Waals surface area contributed by atoms with Crippen molar-refractivity contribution in [3.05, 3.63) is 29.8 Å². The van der Waals surface area contributed by atoms with Crippen LogP contribution in [0.1, 0.15) is 24.4 Å². The minimum absolute atomic E-state index is 0.243. The lowest BCUT2D eigenvalue weighted by molar-refractivity contribution is 0.0170. The van der Waals surface area contributed by atoms with E-state index in [0.717, 1.165) is 64.6 Å². The molecule has 0 aliphatic carbocycles. The molecule has 0 aromatic heterocycles. The largest absolute Gasteiger partial charge is 0.497 e. The van der Waals surface area contributed by atoms with E-state index >= 15 is 0 Å². The summed E-state index contributed by atoms with van der Waals surface area (Å²) in [5, 5.41) is 7.35. The van der Waals surface area contributed by atoms with Gasteiger partial charge in [-0.2, -0.15) is 0 Å². The van der Waals surface area contributed by atoms with E-state index in [1.165, 1.54) is 5.56 Å². The van der Waals surface area contributed by atoms with Gasteiger partial charge in [0.05, 0.1) is 32.5 Å². The predicted molar refractivity (Wildman–Crippen MR) is 106 cm³/mol. The zero-order chi connectivity index (χ0) is 18.2. The first-order chi connectivity index (χ1) is 12.8. The van der Waals surface area contributed by atoms with Crippen molar-refractivity contribution in [2.45, 2.75) is 25.0 Å². The SMILES string of the molecule is COc1ccc(C(CNC(=S)NCC2CCCO2)N2CCOCC2)cc1. The summed E-state index contributed by atoms with van der Waals surface area (Å²) < 4.78 is 16.4. The lowest BCUT2D eigenvalue weighted by Crippen LogP contribution is -2.46. The molecule has 2 heterocycles. The Kier molecular flexibility index (Phi) is 7.49. The minimum atomic E-state index is 0.243. The molecule has 1 aromatic carbocycles. The van der Waals surface area contributed by atoms with Gasteiger partial charge in [-0.3, -0.25) is 4.90 Å². The second-order valence-electron chi connectivity index (χ2n) is 6.66. The zero-order valence-corrected chi connectivity index (χ0v) is 16.2. The van der Waals surface area contributed by atoms with Gasteiger partial charge in [-0.25, -0.2) is 0 Å². The van der Waals surface area contributed by atoms with Crippen LogP contribution in [0.5, 0.6) is 5.75 Å². The van der Waals surface area contributed by atoms with Crippen LogP contribution in [0, 0.1) is 0 Å². The van der Waals surface area contributed by atoms with E-state index in [4.69, 9.17) is 26.4 Å². The summed E-state index contributed by atoms with van der Waals surface area (Å²) in [6.07, 6.45) is 2.53. The Hall–Kier alpha value is -1.41. The Morgan fingerprint density at radius 1 is 1.23 bits per heavy atom. The molecule has 3 rings (SSSR count). The molecule has 2 fully saturated rings. The molecule has 1 aromatic rings. The molecule has 2 aliphatic heterocycles. The highest BCUT2D eigenvalue weighted by Crippen LogP contribution is 2.23. The number of thiocarbonyl (C=S) groups is 1. The van der Waals surface area contributed by atoms with Crippen molar-refractivity contribution in [3.8, 4) is 5.75 Å². The van der Waals surface area contributed by atoms with Gasteiger partial charge in [0.2, 0.25) is 0 Å². The molecular formula is C19H29N3O3S. The van der Waals surface area contributed by atoms with E-state index < -0.39 is 0 Å². The molecule has 0 amide bonds. The predicted octanol–water partition coefficient (Wildman–Crippen LogP) is 1.71. The summed E-state index contributed by atoms with van der Waals surface area (Å²) in [6.45, 7) is 5.79. The second-order valence-corrected chi connectivity index (χ2v) is 7.07. The molecule has 0 radical (unpaired) electrons. The molecule has 0 saturated carbocycles. The van der Waals surface area contributed by atoms with Crippen molar-refractivity contribution >= 4 is 17.3 Å². The first-order valence-corrected chi connectivity index (χ1v) is 9.76. The maximum atomic E-state index is 5.63. The Bertz CT molecular complexity index is 558. The van der Waals surface area contributed by atoms with E-state index in [-0.39, 0.29) is 12.1 Å². The second kappa shape index (κ2) is 10.1. The van der Waals surface area contributed by atoms with Crippen molar-refractivity contribution in [1.82, 2.24) is 15.5 Å². The zero-order valence-electron chi connectivity index (χ0n) is 15.4. The van der Waals surface area contributed by atoms with Gasteiger partial charge < -0.3 is 24.8 Å². The van der Waals surface area contributed by atoms with Crippen LogP contribution in [0.2, 0.25) is 0 Å². The lowest BCUT2D eigenvalue weighted by atomic mass is 10.0. The lowest BCUT2D eigenvalue weighted by Gasteiger charge is -2.35. The Balaban J connectivity index is 1.56. The first kappa shape index (κ1) is 19.4. The van der Waals surface area contributed by atoms with Crippen LogP contribution in [0.15, 0.2) is 24.3 Å². The van der Waals surface area contributed by atoms with Crippen molar-refractivity contribution in [2.75, 3.05) is 53.1 Å². The highest BCUT2D eigenvalue weighted by atomic mass is 32.1. The summed E-state index contributed by atoms with van der Waals surface area (Å²) in [6, 6.07) is 8.52. The third kappa shape index (κ3) is 5.54. The fourth-order valence-electron chi connectivity index (χ4n) is 3.44. The molecular weight excluding hydrogens is 350 g/mol. The molecule has 2 N–H and O–H groups in total. The molecule has 6 nitrogen and oxygen atoms in total. The van der Waals surface area contributed by atoms with Crippen molar-refractivity contribution < 1.29 is 14.2 Å². The Labute approximate surface area is 161 Å². The third-order valence-corrected chi connectivity index (χ3v) is 5.25. The summed E-state index contributed by atoms with van der Waals surface area (Å²) in [4.78, 5) is 2.45. The number of hydrogen-bond donors (Lipinski definition) is 2. The number of methoxy groups -OCH3 is 1. The van der Waals surface area contributed by atoms with E-state index in [9.17, 15) is 0 Å². The molecule has 2 unspecified atom stereocenters. The fourth-order valence-corrected chi connectivity index (χ4v) is 3.60. The maximum absolute atomic E-state index is 5.63. The van der Waals surface area contributed by atoms with Crippen LogP contribution >= 0.6 is 12.2 Å². The Morgan fingerprint density at radius 3 is 2.65 bits per heavy atom. The van der Waals surface area contributed by atoms with Gasteiger partial charge in [0, 0.05) is 32.8 Å². The number of nitrogens with zero attached hydrogens (tertiary/aromatic N) is 1. The van der Waals surface area contributed by atoms with Gasteiger partial charge in [0.15, 0.2) is 5.11 Å². The smallest absolute Gasteiger partial charge is 0.166 e. The molecule has 0 spiro atoms. The maximum Gasteiger partial charge on any atom is 0.166 e. The summed E-state index contributed by atoms with van der Waals surface area (Å²) in [5.41, 5.74) is 1.25. The van der Waals surface area contributed by atoms with Gasteiger partial charge in [-0.05, 0) is 42.8 Å². The number of morpholine rings is 1. The normalized spacial score (nSPS) is 22.0. The van der Waals surface area contributed by atoms with Crippen LogP contribution in [0.25, 0.3) is 0 Å². The topological polar surface area (TPSA) is 55.0 Å². The van der Waals surface area contributed by atoms with Gasteiger partial charge >= 0.3 is 0 Å². The highest BCUT2D eigenvalue weighted by Gasteiger charge is 2.23. The van der Waals surface area contributed by atoms with E-state index in [1.54, 1.807) is 7.11 Å². The first-order valence-electron chi connectivity index (χ1n) is 9.35. The van der Waals surface area contributed by atoms with Crippen LogP contribution in [0.4, 0.5) is 0 Å². The van der Waals surface area contributed by atoms with Gasteiger partial charge in [-0.1, -0.05) is 12.1 Å². The highest BCUT2D eigenvalue weighted by molar-refractivity contribution is 7.80. The van der Waals surface area contributed by atoms with Gasteiger partial charge in [0.25, 0.3) is 0 Å². The van der Waals surface area contributed by atoms with Crippen molar-refractivity contribution in [2.24, 2.45) is 0 Å². The number of hydrogen-bond acceptors (Lipinski definition) is 5.